The Bertz CT molecular complexity index is 2410. The van der Waals surface area contributed by atoms with Crippen molar-refractivity contribution >= 4 is 64.9 Å². The molecular weight excluding hydrogens is 1030 g/mol. The van der Waals surface area contributed by atoms with Gasteiger partial charge in [-0.2, -0.15) is 0 Å². The van der Waals surface area contributed by atoms with Crippen molar-refractivity contribution < 1.29 is 67.0 Å². The molecule has 6 unspecified atom stereocenters. The fourth-order valence-electron chi connectivity index (χ4n) is 11.0. The second kappa shape index (κ2) is 29.3. The number of likely N-dealkylation sites (tertiary alicyclic amines) is 1. The monoisotopic (exact) mass is 1120 g/mol. The molecule has 21 nitrogen and oxygen atoms in total. The lowest BCUT2D eigenvalue weighted by molar-refractivity contribution is -0.162. The van der Waals surface area contributed by atoms with Crippen LogP contribution >= 0.6 is 0 Å². The van der Waals surface area contributed by atoms with Crippen molar-refractivity contribution in [3.8, 4) is 5.75 Å². The number of rotatable bonds is 15. The van der Waals surface area contributed by atoms with E-state index in [9.17, 15) is 38.4 Å². The lowest BCUT2D eigenvalue weighted by Gasteiger charge is -2.38. The minimum absolute atomic E-state index is 0.105. The lowest BCUT2D eigenvalue weighted by atomic mass is 9.86. The molecule has 3 fully saturated rings. The second-order valence-electron chi connectivity index (χ2n) is 23.6. The smallest absolute Gasteiger partial charge is 0.329 e. The average molecular weight is 1120 g/mol. The number of amides is 7. The van der Waals surface area contributed by atoms with E-state index in [1.807, 2.05) is 41.5 Å². The van der Waals surface area contributed by atoms with Gasteiger partial charge in [-0.25, -0.2) is 4.79 Å². The quantitative estimate of drug-likeness (QED) is 0.127. The van der Waals surface area contributed by atoms with Crippen molar-refractivity contribution in [1.29, 1.82) is 0 Å². The van der Waals surface area contributed by atoms with E-state index in [0.717, 1.165) is 6.92 Å². The highest BCUT2D eigenvalue weighted by atomic mass is 16.6. The Hall–Kier alpha value is -6.41. The van der Waals surface area contributed by atoms with E-state index in [2.05, 4.69) is 16.0 Å². The maximum atomic E-state index is 15.2. The van der Waals surface area contributed by atoms with Gasteiger partial charge in [-0.05, 0) is 99.2 Å². The standard InChI is InChI=1S/C59H91N7O14/c1-17-34(8)47-35(9)29-46(68)80-51(33(6)7)50(69)37(11)52(70)60-42(28-31(2)3)56(74)66-27-19-20-43(66)57(75)63(14)45(30-40-22-24-41(78-16)25-23-40)59(77)79-39(13)48(53(71)61-47)62-54(72)49(36(10)32(4)5)64(15)58(76)44-21-18-26-65(44)55(73)38(12)67/h22-25,31-37,39,42-45,47-49,51H,17-21,26-30H2,1-16H3,(H,60,70)(H,61,71)(H,62,72)/t34?,35-,36?,37+,39+,42+,43?,44?,45?,47-,48?,49-,51-/m1/s1. The van der Waals surface area contributed by atoms with Crippen LogP contribution in [0.3, 0.4) is 0 Å². The van der Waals surface area contributed by atoms with Gasteiger partial charge < -0.3 is 49.8 Å². The first-order chi connectivity index (χ1) is 37.5. The summed E-state index contributed by atoms with van der Waals surface area (Å²) in [5.74, 6) is -11.4. The van der Waals surface area contributed by atoms with Crippen molar-refractivity contribution in [2.45, 2.75) is 196 Å². The van der Waals surface area contributed by atoms with Crippen molar-refractivity contribution in [2.75, 3.05) is 34.3 Å². The molecule has 0 aliphatic carbocycles. The number of likely N-dealkylation sites (N-methyl/N-ethyl adjacent to an activating group) is 2. The third kappa shape index (κ3) is 16.4. The molecule has 7 amide bonds. The molecule has 0 aromatic heterocycles. The Morgan fingerprint density at radius 1 is 0.838 bits per heavy atom. The summed E-state index contributed by atoms with van der Waals surface area (Å²) in [7, 11) is 4.35. The Balaban J connectivity index is 1.91. The van der Waals surface area contributed by atoms with E-state index in [1.165, 1.54) is 54.7 Å². The Labute approximate surface area is 473 Å². The zero-order valence-corrected chi connectivity index (χ0v) is 50.1. The molecule has 1 aromatic carbocycles. The zero-order chi connectivity index (χ0) is 60.2. The molecule has 0 radical (unpaired) electrons. The van der Waals surface area contributed by atoms with Crippen LogP contribution in [0.15, 0.2) is 24.3 Å². The van der Waals surface area contributed by atoms with Crippen LogP contribution in [-0.4, -0.2) is 173 Å². The van der Waals surface area contributed by atoms with Crippen LogP contribution in [0.1, 0.15) is 141 Å². The van der Waals surface area contributed by atoms with Crippen LogP contribution in [0.5, 0.6) is 5.75 Å². The molecule has 0 spiro atoms. The number of esters is 2. The molecule has 3 N–H and O–H groups in total. The number of carbonyl (C=O) groups excluding carboxylic acids is 11. The number of nitrogens with one attached hydrogen (secondary N) is 3. The van der Waals surface area contributed by atoms with Gasteiger partial charge in [-0.1, -0.05) is 87.8 Å². The fourth-order valence-corrected chi connectivity index (χ4v) is 11.0. The molecular formula is C59H91N7O14. The minimum atomic E-state index is -1.68. The SMILES string of the molecule is CCC(C)[C@H]1NC(=O)C(NC(=O)[C@@H](C(C)C(C)C)N(C)C(=O)C2CCCN2C(=O)C(C)=O)[C@H](C)OC(=O)C(Cc2ccc(OC)cc2)N(C)C(=O)C2CCCN2C(=O)[C@H](CC(C)C)NC(=O)[C@@H](C)C(=O)[C@@H](C(C)C)OC(=O)C[C@H]1C. The van der Waals surface area contributed by atoms with Crippen LogP contribution in [0.4, 0.5) is 0 Å². The summed E-state index contributed by atoms with van der Waals surface area (Å²) in [4.78, 5) is 162. The Kier molecular flexibility index (Phi) is 24.3. The van der Waals surface area contributed by atoms with Gasteiger partial charge in [0.2, 0.25) is 41.2 Å². The number of nitrogens with zero attached hydrogens (tertiary/aromatic N) is 4. The number of ketones is 2. The summed E-state index contributed by atoms with van der Waals surface area (Å²) >= 11 is 0. The lowest BCUT2D eigenvalue weighted by Crippen LogP contribution is -2.63. The molecule has 3 aliphatic heterocycles. The van der Waals surface area contributed by atoms with E-state index in [4.69, 9.17) is 14.2 Å². The van der Waals surface area contributed by atoms with Crippen molar-refractivity contribution in [3.63, 3.8) is 0 Å². The largest absolute Gasteiger partial charge is 0.497 e. The number of hydrogen-bond acceptors (Lipinski definition) is 14. The average Bonchev–Trinajstić information content (AvgIpc) is 4.13. The molecule has 3 heterocycles. The van der Waals surface area contributed by atoms with Gasteiger partial charge in [0, 0.05) is 46.6 Å². The number of fused-ring (bicyclic) bond motifs is 1. The van der Waals surface area contributed by atoms with Gasteiger partial charge >= 0.3 is 11.9 Å². The highest BCUT2D eigenvalue weighted by molar-refractivity contribution is 6.35. The summed E-state index contributed by atoms with van der Waals surface area (Å²) in [5.41, 5.74) is 0.593. The summed E-state index contributed by atoms with van der Waals surface area (Å²) in [6, 6.07) is -1.57. The van der Waals surface area contributed by atoms with Gasteiger partial charge in [-0.15, -0.1) is 0 Å². The molecule has 0 saturated carbocycles. The summed E-state index contributed by atoms with van der Waals surface area (Å²) < 4.78 is 17.5. The molecule has 13 atom stereocenters. The molecule has 4 rings (SSSR count). The predicted molar refractivity (Wildman–Crippen MR) is 297 cm³/mol. The van der Waals surface area contributed by atoms with Crippen molar-refractivity contribution in [2.24, 2.45) is 41.4 Å². The summed E-state index contributed by atoms with van der Waals surface area (Å²) in [5, 5.41) is 8.65. The third-order valence-corrected chi connectivity index (χ3v) is 16.5. The molecule has 3 saturated heterocycles. The number of cyclic esters (lactones) is 2. The first-order valence-corrected chi connectivity index (χ1v) is 28.6. The Morgan fingerprint density at radius 2 is 1.46 bits per heavy atom. The number of hydrogen-bond donors (Lipinski definition) is 3. The van der Waals surface area contributed by atoms with E-state index < -0.39 is 143 Å². The van der Waals surface area contributed by atoms with E-state index in [0.29, 0.717) is 30.6 Å². The zero-order valence-electron chi connectivity index (χ0n) is 50.1. The topological polar surface area (TPSA) is 265 Å². The second-order valence-corrected chi connectivity index (χ2v) is 23.6. The minimum Gasteiger partial charge on any atom is -0.497 e. The van der Waals surface area contributed by atoms with E-state index in [-0.39, 0.29) is 62.9 Å². The number of methoxy groups -OCH3 is 1. The highest BCUT2D eigenvalue weighted by Crippen LogP contribution is 2.29. The van der Waals surface area contributed by atoms with Crippen LogP contribution < -0.4 is 20.7 Å². The first-order valence-electron chi connectivity index (χ1n) is 28.6. The normalized spacial score (nSPS) is 27.4. The molecule has 3 aliphatic rings. The number of carbonyl (C=O) groups is 11. The van der Waals surface area contributed by atoms with Crippen molar-refractivity contribution in [1.82, 2.24) is 35.6 Å². The summed E-state index contributed by atoms with van der Waals surface area (Å²) in [6.07, 6.45) is -1.24. The number of Topliss-reactive ketones (excluding diaryl/α,β-unsaturated/α-hetero) is 2. The van der Waals surface area contributed by atoms with E-state index >= 15 is 14.4 Å². The fraction of sp³-hybridized carbons (Fsp3) is 0.712. The van der Waals surface area contributed by atoms with Gasteiger partial charge in [0.1, 0.15) is 48.1 Å². The van der Waals surface area contributed by atoms with Crippen molar-refractivity contribution in [3.05, 3.63) is 29.8 Å². The molecule has 0 bridgehead atoms. The highest BCUT2D eigenvalue weighted by Gasteiger charge is 2.46. The van der Waals surface area contributed by atoms with Gasteiger partial charge in [0.25, 0.3) is 5.91 Å². The maximum Gasteiger partial charge on any atom is 0.329 e. The van der Waals surface area contributed by atoms with Crippen LogP contribution in [0.2, 0.25) is 0 Å². The maximum absolute atomic E-state index is 15.2. The molecule has 21 heteroatoms. The molecule has 446 valence electrons. The van der Waals surface area contributed by atoms with Crippen LogP contribution in [0.25, 0.3) is 0 Å². The van der Waals surface area contributed by atoms with Gasteiger partial charge in [0.05, 0.1) is 19.4 Å². The molecule has 80 heavy (non-hydrogen) atoms. The van der Waals surface area contributed by atoms with Crippen LogP contribution in [0, 0.1) is 41.4 Å². The summed E-state index contributed by atoms with van der Waals surface area (Å²) in [6.45, 7) is 22.3. The third-order valence-electron chi connectivity index (χ3n) is 16.5. The van der Waals surface area contributed by atoms with Gasteiger partial charge in [-0.3, -0.25) is 47.9 Å². The predicted octanol–water partition coefficient (Wildman–Crippen LogP) is 4.05. The van der Waals surface area contributed by atoms with E-state index in [1.54, 1.807) is 52.0 Å². The number of ether oxygens (including phenoxy) is 3. The number of benzene rings is 1. The first kappa shape index (κ1) is 66.1. The molecule has 1 aromatic rings. The Morgan fingerprint density at radius 3 is 2.02 bits per heavy atom. The van der Waals surface area contributed by atoms with Crippen LogP contribution in [-0.2, 0) is 68.6 Å². The van der Waals surface area contributed by atoms with Gasteiger partial charge in [0.15, 0.2) is 11.9 Å².